The molecule has 25 heavy (non-hydrogen) atoms. The Morgan fingerprint density at radius 3 is 2.28 bits per heavy atom. The molecule has 2 amide bonds. The second kappa shape index (κ2) is 6.77. The Labute approximate surface area is 151 Å². The molecule has 1 heterocycles. The van der Waals surface area contributed by atoms with Crippen LogP contribution in [0.15, 0.2) is 12.2 Å². The minimum Gasteiger partial charge on any atom is -0.342 e. The van der Waals surface area contributed by atoms with Crippen LogP contribution >= 0.6 is 0 Å². The zero-order valence-electron chi connectivity index (χ0n) is 15.7. The summed E-state index contributed by atoms with van der Waals surface area (Å²) in [5.41, 5.74) is 0. The molecule has 0 aromatic rings. The summed E-state index contributed by atoms with van der Waals surface area (Å²) in [6.45, 7) is 6.76. The average Bonchev–Trinajstić information content (AvgIpc) is 3.26. The molecule has 4 heteroatoms. The first-order valence-corrected chi connectivity index (χ1v) is 10.3. The molecular formula is C21H32N2O2. The summed E-state index contributed by atoms with van der Waals surface area (Å²) >= 11 is 0. The molecule has 4 aliphatic rings. The Bertz CT molecular complexity index is 558. The molecule has 3 atom stereocenters. The predicted octanol–water partition coefficient (Wildman–Crippen LogP) is 3.08. The molecule has 0 radical (unpaired) electrons. The van der Waals surface area contributed by atoms with Gasteiger partial charge in [-0.15, -0.1) is 0 Å². The average molecular weight is 344 g/mol. The van der Waals surface area contributed by atoms with Crippen molar-refractivity contribution in [2.45, 2.75) is 58.4 Å². The molecule has 0 spiro atoms. The quantitative estimate of drug-likeness (QED) is 0.719. The molecule has 2 bridgehead atoms. The van der Waals surface area contributed by atoms with Crippen molar-refractivity contribution in [3.05, 3.63) is 12.2 Å². The van der Waals surface area contributed by atoms with Gasteiger partial charge in [0, 0.05) is 37.5 Å². The highest BCUT2D eigenvalue weighted by Gasteiger charge is 2.40. The Morgan fingerprint density at radius 2 is 1.76 bits per heavy atom. The van der Waals surface area contributed by atoms with E-state index in [1.807, 2.05) is 4.90 Å². The number of carbonyl (C=O) groups is 2. The van der Waals surface area contributed by atoms with E-state index < -0.39 is 0 Å². The molecule has 1 aliphatic heterocycles. The Hall–Kier alpha value is -1.32. The van der Waals surface area contributed by atoms with Crippen LogP contribution in [0.3, 0.4) is 0 Å². The van der Waals surface area contributed by atoms with Crippen LogP contribution in [0.2, 0.25) is 0 Å². The van der Waals surface area contributed by atoms with Crippen LogP contribution in [0.1, 0.15) is 52.4 Å². The van der Waals surface area contributed by atoms with E-state index in [1.54, 1.807) is 0 Å². The molecule has 4 nitrogen and oxygen atoms in total. The summed E-state index contributed by atoms with van der Waals surface area (Å²) in [5, 5.41) is 0. The van der Waals surface area contributed by atoms with Crippen molar-refractivity contribution in [2.24, 2.45) is 29.6 Å². The van der Waals surface area contributed by atoms with Crippen LogP contribution in [0, 0.1) is 29.6 Å². The summed E-state index contributed by atoms with van der Waals surface area (Å²) in [6, 6.07) is 0.265. The van der Waals surface area contributed by atoms with E-state index in [2.05, 4.69) is 30.9 Å². The van der Waals surface area contributed by atoms with Crippen molar-refractivity contribution in [1.82, 2.24) is 9.80 Å². The summed E-state index contributed by atoms with van der Waals surface area (Å²) in [6.07, 6.45) is 11.1. The summed E-state index contributed by atoms with van der Waals surface area (Å²) in [7, 11) is 0. The monoisotopic (exact) mass is 344 g/mol. The molecule has 3 aliphatic carbocycles. The Balaban J connectivity index is 1.33. The number of likely N-dealkylation sites (tertiary alicyclic amines) is 1. The zero-order valence-corrected chi connectivity index (χ0v) is 15.7. The van der Waals surface area contributed by atoms with Gasteiger partial charge < -0.3 is 9.80 Å². The van der Waals surface area contributed by atoms with Gasteiger partial charge in [-0.2, -0.15) is 0 Å². The van der Waals surface area contributed by atoms with Crippen molar-refractivity contribution < 1.29 is 9.59 Å². The maximum Gasteiger partial charge on any atom is 0.226 e. The fourth-order valence-corrected chi connectivity index (χ4v) is 5.08. The number of fused-ring (bicyclic) bond motifs is 2. The highest BCUT2D eigenvalue weighted by atomic mass is 16.2. The maximum absolute atomic E-state index is 13.2. The van der Waals surface area contributed by atoms with Gasteiger partial charge in [0.1, 0.15) is 0 Å². The molecule has 0 unspecified atom stereocenters. The van der Waals surface area contributed by atoms with E-state index in [9.17, 15) is 9.59 Å². The lowest BCUT2D eigenvalue weighted by atomic mass is 9.90. The van der Waals surface area contributed by atoms with Gasteiger partial charge in [-0.25, -0.2) is 0 Å². The molecular weight excluding hydrogens is 312 g/mol. The highest BCUT2D eigenvalue weighted by Crippen LogP contribution is 2.44. The molecule has 0 aromatic heterocycles. The minimum atomic E-state index is 0.111. The normalized spacial score (nSPS) is 31.8. The number of hydrogen-bond donors (Lipinski definition) is 0. The van der Waals surface area contributed by atoms with E-state index in [-0.39, 0.29) is 12.0 Å². The van der Waals surface area contributed by atoms with Crippen molar-refractivity contribution in [2.75, 3.05) is 19.6 Å². The lowest BCUT2D eigenvalue weighted by Crippen LogP contribution is -2.48. The molecule has 138 valence electrons. The SMILES string of the molecule is CC(C)N(C[C@@H]1C[C@H]2C=C[C@H]1C2)C(=O)C1CCN(C(=O)C2CC2)CC1. The van der Waals surface area contributed by atoms with Crippen LogP contribution < -0.4 is 0 Å². The maximum atomic E-state index is 13.2. The third-order valence-corrected chi connectivity index (χ3v) is 6.84. The first-order valence-electron chi connectivity index (χ1n) is 10.3. The fraction of sp³-hybridized carbons (Fsp3) is 0.810. The number of hydrogen-bond acceptors (Lipinski definition) is 2. The first kappa shape index (κ1) is 17.1. The Kier molecular flexibility index (Phi) is 4.63. The standard InChI is InChI=1S/C21H32N2O2/c1-14(2)23(13-19-12-15-3-4-18(19)11-15)21(25)17-7-9-22(10-8-17)20(24)16-5-6-16/h3-4,14-19H,5-13H2,1-2H3/t15-,18-,19-/m0/s1. The van der Waals surface area contributed by atoms with Gasteiger partial charge in [0.15, 0.2) is 0 Å². The number of amides is 2. The van der Waals surface area contributed by atoms with Gasteiger partial charge >= 0.3 is 0 Å². The number of piperidine rings is 1. The first-order chi connectivity index (χ1) is 12.0. The predicted molar refractivity (Wildman–Crippen MR) is 97.7 cm³/mol. The zero-order chi connectivity index (χ0) is 17.6. The van der Waals surface area contributed by atoms with Crippen LogP contribution in [-0.4, -0.2) is 47.3 Å². The van der Waals surface area contributed by atoms with Gasteiger partial charge in [-0.1, -0.05) is 12.2 Å². The number of nitrogens with zero attached hydrogens (tertiary/aromatic N) is 2. The van der Waals surface area contributed by atoms with Crippen LogP contribution in [-0.2, 0) is 9.59 Å². The second-order valence-corrected chi connectivity index (χ2v) is 9.00. The summed E-state index contributed by atoms with van der Waals surface area (Å²) < 4.78 is 0. The van der Waals surface area contributed by atoms with Crippen LogP contribution in [0.4, 0.5) is 0 Å². The lowest BCUT2D eigenvalue weighted by molar-refractivity contribution is -0.143. The smallest absolute Gasteiger partial charge is 0.226 e. The van der Waals surface area contributed by atoms with E-state index in [0.29, 0.717) is 29.6 Å². The third kappa shape index (κ3) is 3.50. The van der Waals surface area contributed by atoms with E-state index in [4.69, 9.17) is 0 Å². The second-order valence-electron chi connectivity index (χ2n) is 9.00. The van der Waals surface area contributed by atoms with Crippen LogP contribution in [0.25, 0.3) is 0 Å². The molecule has 0 N–H and O–H groups in total. The fourth-order valence-electron chi connectivity index (χ4n) is 5.08. The summed E-state index contributed by atoms with van der Waals surface area (Å²) in [4.78, 5) is 29.5. The van der Waals surface area contributed by atoms with E-state index in [1.165, 1.54) is 12.8 Å². The largest absolute Gasteiger partial charge is 0.342 e. The topological polar surface area (TPSA) is 40.6 Å². The van der Waals surface area contributed by atoms with Crippen molar-refractivity contribution in [3.63, 3.8) is 0 Å². The van der Waals surface area contributed by atoms with Gasteiger partial charge in [0.2, 0.25) is 11.8 Å². The third-order valence-electron chi connectivity index (χ3n) is 6.84. The molecule has 2 saturated carbocycles. The molecule has 3 fully saturated rings. The highest BCUT2D eigenvalue weighted by molar-refractivity contribution is 5.82. The number of rotatable bonds is 5. The van der Waals surface area contributed by atoms with Gasteiger partial charge in [0.25, 0.3) is 0 Å². The van der Waals surface area contributed by atoms with E-state index in [0.717, 1.165) is 51.2 Å². The number of allylic oxidation sites excluding steroid dienone is 2. The lowest BCUT2D eigenvalue weighted by Gasteiger charge is -2.37. The van der Waals surface area contributed by atoms with Gasteiger partial charge in [0.05, 0.1) is 0 Å². The Morgan fingerprint density at radius 1 is 1.04 bits per heavy atom. The molecule has 1 saturated heterocycles. The van der Waals surface area contributed by atoms with Crippen molar-refractivity contribution in [1.29, 1.82) is 0 Å². The summed E-state index contributed by atoms with van der Waals surface area (Å²) in [5.74, 6) is 3.18. The van der Waals surface area contributed by atoms with Crippen LogP contribution in [0.5, 0.6) is 0 Å². The molecule has 4 rings (SSSR count). The minimum absolute atomic E-state index is 0.111. The van der Waals surface area contributed by atoms with Crippen molar-refractivity contribution >= 4 is 11.8 Å². The van der Waals surface area contributed by atoms with E-state index >= 15 is 0 Å². The van der Waals surface area contributed by atoms with Crippen molar-refractivity contribution in [3.8, 4) is 0 Å². The van der Waals surface area contributed by atoms with Gasteiger partial charge in [-0.05, 0) is 70.1 Å². The van der Waals surface area contributed by atoms with Gasteiger partial charge in [-0.3, -0.25) is 9.59 Å². The molecule has 0 aromatic carbocycles. The number of carbonyl (C=O) groups excluding carboxylic acids is 2.